The van der Waals surface area contributed by atoms with Gasteiger partial charge in [-0.1, -0.05) is 0 Å². The van der Waals surface area contributed by atoms with Gasteiger partial charge in [-0.15, -0.1) is 0 Å². The molecule has 0 saturated carbocycles. The van der Waals surface area contributed by atoms with Gasteiger partial charge >= 0.3 is 12.1 Å². The van der Waals surface area contributed by atoms with Crippen LogP contribution >= 0.6 is 0 Å². The van der Waals surface area contributed by atoms with Crippen molar-refractivity contribution in [2.45, 2.75) is 39.8 Å². The molecule has 1 heterocycles. The third-order valence-corrected chi connectivity index (χ3v) is 3.71. The van der Waals surface area contributed by atoms with E-state index >= 15 is 0 Å². The molecule has 1 N–H and O–H groups in total. The lowest BCUT2D eigenvalue weighted by Gasteiger charge is -2.27. The zero-order valence-corrected chi connectivity index (χ0v) is 15.1. The fourth-order valence-corrected chi connectivity index (χ4v) is 2.23. The van der Waals surface area contributed by atoms with Crippen molar-refractivity contribution < 1.29 is 19.4 Å². The highest BCUT2D eigenvalue weighted by Crippen LogP contribution is 2.22. The second kappa shape index (κ2) is 6.96. The SMILES string of the molecule is Cc1c(CN(C(=O)OC(C)(C)C)c2ccc(C(=O)O)cc2)cnn1C. The standard InChI is InChI=1S/C18H23N3O4/c1-12-14(10-19-20(12)5)11-21(17(24)25-18(2,3)4)15-8-6-13(7-9-15)16(22)23/h6-10H,11H2,1-5H3,(H,22,23). The summed E-state index contributed by atoms with van der Waals surface area (Å²) in [6.45, 7) is 7.59. The minimum atomic E-state index is -1.02. The van der Waals surface area contributed by atoms with Crippen molar-refractivity contribution in [2.24, 2.45) is 7.05 Å². The van der Waals surface area contributed by atoms with Crippen LogP contribution in [0.25, 0.3) is 0 Å². The molecule has 0 aliphatic carbocycles. The summed E-state index contributed by atoms with van der Waals surface area (Å²) in [6.07, 6.45) is 1.21. The van der Waals surface area contributed by atoms with Gasteiger partial charge in [-0.05, 0) is 52.0 Å². The summed E-state index contributed by atoms with van der Waals surface area (Å²) in [7, 11) is 1.83. The van der Waals surface area contributed by atoms with E-state index in [1.807, 2.05) is 14.0 Å². The molecule has 0 aliphatic heterocycles. The first-order valence-corrected chi connectivity index (χ1v) is 7.90. The fraction of sp³-hybridized carbons (Fsp3) is 0.389. The van der Waals surface area contributed by atoms with E-state index in [2.05, 4.69) is 5.10 Å². The van der Waals surface area contributed by atoms with Gasteiger partial charge in [0.25, 0.3) is 0 Å². The normalized spacial score (nSPS) is 11.2. The minimum absolute atomic E-state index is 0.158. The van der Waals surface area contributed by atoms with Crippen LogP contribution in [0.2, 0.25) is 0 Å². The molecule has 1 aromatic heterocycles. The van der Waals surface area contributed by atoms with Crippen molar-refractivity contribution in [3.8, 4) is 0 Å². The fourth-order valence-electron chi connectivity index (χ4n) is 2.23. The highest BCUT2D eigenvalue weighted by Gasteiger charge is 2.25. The summed E-state index contributed by atoms with van der Waals surface area (Å²) in [6, 6.07) is 6.12. The van der Waals surface area contributed by atoms with Gasteiger partial charge in [-0.25, -0.2) is 9.59 Å². The number of rotatable bonds is 4. The van der Waals surface area contributed by atoms with Crippen molar-refractivity contribution in [3.05, 3.63) is 47.3 Å². The molecule has 0 aliphatic rings. The summed E-state index contributed by atoms with van der Waals surface area (Å²) in [5.74, 6) is -1.02. The summed E-state index contributed by atoms with van der Waals surface area (Å²) < 4.78 is 7.23. The first-order valence-electron chi connectivity index (χ1n) is 7.90. The molecule has 1 amide bonds. The molecule has 0 fully saturated rings. The number of aromatic nitrogens is 2. The summed E-state index contributed by atoms with van der Waals surface area (Å²) in [5.41, 5.74) is 1.90. The third kappa shape index (κ3) is 4.59. The lowest BCUT2D eigenvalue weighted by Crippen LogP contribution is -2.36. The van der Waals surface area contributed by atoms with Gasteiger partial charge in [0.1, 0.15) is 5.60 Å². The van der Waals surface area contributed by atoms with Crippen LogP contribution in [0.1, 0.15) is 42.4 Å². The molecule has 0 unspecified atom stereocenters. The molecule has 7 heteroatoms. The van der Waals surface area contributed by atoms with Gasteiger partial charge in [0.05, 0.1) is 18.3 Å². The maximum absolute atomic E-state index is 12.7. The Kier molecular flexibility index (Phi) is 5.15. The summed E-state index contributed by atoms with van der Waals surface area (Å²) in [4.78, 5) is 25.2. The lowest BCUT2D eigenvalue weighted by molar-refractivity contribution is 0.0577. The Balaban J connectivity index is 2.35. The van der Waals surface area contributed by atoms with Crippen LogP contribution in [-0.4, -0.2) is 32.6 Å². The predicted molar refractivity (Wildman–Crippen MR) is 93.8 cm³/mol. The predicted octanol–water partition coefficient (Wildman–Crippen LogP) is 3.37. The highest BCUT2D eigenvalue weighted by molar-refractivity contribution is 5.91. The minimum Gasteiger partial charge on any atom is -0.478 e. The molecule has 7 nitrogen and oxygen atoms in total. The van der Waals surface area contributed by atoms with Crippen molar-refractivity contribution in [1.82, 2.24) is 9.78 Å². The maximum atomic E-state index is 12.7. The van der Waals surface area contributed by atoms with E-state index in [4.69, 9.17) is 9.84 Å². The Morgan fingerprint density at radius 2 is 1.84 bits per heavy atom. The number of carbonyl (C=O) groups is 2. The van der Waals surface area contributed by atoms with E-state index in [0.717, 1.165) is 11.3 Å². The average molecular weight is 345 g/mol. The Bertz CT molecular complexity index is 773. The van der Waals surface area contributed by atoms with Gasteiger partial charge in [-0.2, -0.15) is 5.10 Å². The first-order chi connectivity index (χ1) is 11.6. The molecule has 134 valence electrons. The smallest absolute Gasteiger partial charge is 0.415 e. The Hall–Kier alpha value is -2.83. The van der Waals surface area contributed by atoms with Crippen LogP contribution in [-0.2, 0) is 18.3 Å². The molecule has 0 spiro atoms. The number of anilines is 1. The lowest BCUT2D eigenvalue weighted by atomic mass is 10.1. The molecule has 1 aromatic carbocycles. The molecule has 2 aromatic rings. The van der Waals surface area contributed by atoms with Gasteiger partial charge < -0.3 is 9.84 Å². The van der Waals surface area contributed by atoms with E-state index in [9.17, 15) is 9.59 Å². The van der Waals surface area contributed by atoms with E-state index in [0.29, 0.717) is 5.69 Å². The molecular weight excluding hydrogens is 322 g/mol. The van der Waals surface area contributed by atoms with E-state index in [-0.39, 0.29) is 12.1 Å². The van der Waals surface area contributed by atoms with Gasteiger partial charge in [-0.3, -0.25) is 9.58 Å². The van der Waals surface area contributed by atoms with Crippen LogP contribution in [0, 0.1) is 6.92 Å². The van der Waals surface area contributed by atoms with Gasteiger partial charge in [0.15, 0.2) is 0 Å². The van der Waals surface area contributed by atoms with E-state index in [1.54, 1.807) is 43.8 Å². The molecule has 0 bridgehead atoms. The summed E-state index contributed by atoms with van der Waals surface area (Å²) in [5, 5.41) is 13.2. The van der Waals surface area contributed by atoms with Gasteiger partial charge in [0, 0.05) is 24.0 Å². The second-order valence-corrected chi connectivity index (χ2v) is 6.80. The number of aryl methyl sites for hydroxylation is 1. The summed E-state index contributed by atoms with van der Waals surface area (Å²) >= 11 is 0. The number of benzene rings is 1. The van der Waals surface area contributed by atoms with Gasteiger partial charge in [0.2, 0.25) is 0 Å². The zero-order chi connectivity index (χ0) is 18.8. The second-order valence-electron chi connectivity index (χ2n) is 6.80. The number of amides is 1. The van der Waals surface area contributed by atoms with Crippen molar-refractivity contribution >= 4 is 17.7 Å². The van der Waals surface area contributed by atoms with Crippen LogP contribution in [0.3, 0.4) is 0 Å². The molecule has 0 saturated heterocycles. The number of ether oxygens (including phenoxy) is 1. The highest BCUT2D eigenvalue weighted by atomic mass is 16.6. The average Bonchev–Trinajstić information content (AvgIpc) is 2.82. The Labute approximate surface area is 146 Å². The van der Waals surface area contributed by atoms with Crippen LogP contribution in [0.4, 0.5) is 10.5 Å². The number of hydrogen-bond donors (Lipinski definition) is 1. The van der Waals surface area contributed by atoms with Crippen LogP contribution in [0.5, 0.6) is 0 Å². The topological polar surface area (TPSA) is 84.7 Å². The van der Waals surface area contributed by atoms with Crippen LogP contribution < -0.4 is 4.90 Å². The van der Waals surface area contributed by atoms with E-state index in [1.165, 1.54) is 17.0 Å². The number of carboxylic acid groups (broad SMARTS) is 1. The number of aromatic carboxylic acids is 1. The zero-order valence-electron chi connectivity index (χ0n) is 15.1. The molecule has 2 rings (SSSR count). The Morgan fingerprint density at radius 3 is 2.28 bits per heavy atom. The first kappa shape index (κ1) is 18.5. The Morgan fingerprint density at radius 1 is 1.24 bits per heavy atom. The quantitative estimate of drug-likeness (QED) is 0.918. The molecular formula is C18H23N3O4. The van der Waals surface area contributed by atoms with E-state index < -0.39 is 17.7 Å². The number of carboxylic acids is 1. The number of hydrogen-bond acceptors (Lipinski definition) is 4. The largest absolute Gasteiger partial charge is 0.478 e. The molecule has 0 atom stereocenters. The van der Waals surface area contributed by atoms with Crippen LogP contribution in [0.15, 0.2) is 30.5 Å². The molecule has 25 heavy (non-hydrogen) atoms. The van der Waals surface area contributed by atoms with Crippen molar-refractivity contribution in [1.29, 1.82) is 0 Å². The number of carbonyl (C=O) groups excluding carboxylic acids is 1. The van der Waals surface area contributed by atoms with Crippen molar-refractivity contribution in [3.63, 3.8) is 0 Å². The monoisotopic (exact) mass is 345 g/mol. The maximum Gasteiger partial charge on any atom is 0.415 e. The van der Waals surface area contributed by atoms with Crippen molar-refractivity contribution in [2.75, 3.05) is 4.90 Å². The molecule has 0 radical (unpaired) electrons. The third-order valence-electron chi connectivity index (χ3n) is 3.71. The number of nitrogens with zero attached hydrogens (tertiary/aromatic N) is 3.